The van der Waals surface area contributed by atoms with Crippen LogP contribution in [0.4, 0.5) is 4.79 Å². The first-order valence-corrected chi connectivity index (χ1v) is 11.4. The minimum absolute atomic E-state index is 0.170. The molecular formula is C22H30N4O2S. The van der Waals surface area contributed by atoms with E-state index >= 15 is 0 Å². The molecule has 156 valence electrons. The summed E-state index contributed by atoms with van der Waals surface area (Å²) in [5, 5.41) is 1.10. The molecule has 3 heterocycles. The Labute approximate surface area is 177 Å². The van der Waals surface area contributed by atoms with Crippen LogP contribution in [0.3, 0.4) is 0 Å². The first-order valence-electron chi connectivity index (χ1n) is 10.6. The number of benzene rings is 1. The molecule has 6 nitrogen and oxygen atoms in total. The molecule has 2 fully saturated rings. The molecule has 2 aromatic rings. The van der Waals surface area contributed by atoms with Gasteiger partial charge in [-0.3, -0.25) is 9.80 Å². The van der Waals surface area contributed by atoms with E-state index in [1.54, 1.807) is 11.3 Å². The van der Waals surface area contributed by atoms with Gasteiger partial charge in [0.25, 0.3) is 0 Å². The van der Waals surface area contributed by atoms with E-state index in [-0.39, 0.29) is 6.09 Å². The number of carbonyl (C=O) groups excluding carboxylic acids is 1. The Morgan fingerprint density at radius 3 is 2.72 bits per heavy atom. The number of aromatic nitrogens is 1. The molecule has 1 amide bonds. The van der Waals surface area contributed by atoms with Crippen molar-refractivity contribution in [1.29, 1.82) is 0 Å². The largest absolute Gasteiger partial charge is 0.450 e. The molecule has 4 rings (SSSR count). The molecule has 0 unspecified atom stereocenters. The SMILES string of the molecule is CCOC(=O)N1CCN([C@@H]2CCCN(Cc3cnc(-c4ccccc4)s3)C2)CC1. The molecule has 2 aliphatic rings. The van der Waals surface area contributed by atoms with E-state index in [1.807, 2.05) is 24.1 Å². The number of ether oxygens (including phenoxy) is 1. The average Bonchev–Trinajstić information content (AvgIpc) is 3.23. The average molecular weight is 415 g/mol. The molecule has 1 aromatic heterocycles. The number of thiazole rings is 1. The first kappa shape index (κ1) is 20.3. The van der Waals surface area contributed by atoms with E-state index in [4.69, 9.17) is 4.74 Å². The molecule has 1 aromatic carbocycles. The normalized spacial score (nSPS) is 21.3. The lowest BCUT2D eigenvalue weighted by Crippen LogP contribution is -2.55. The maximum atomic E-state index is 11.9. The van der Waals surface area contributed by atoms with Gasteiger partial charge in [0.15, 0.2) is 0 Å². The van der Waals surface area contributed by atoms with Crippen LogP contribution in [0, 0.1) is 0 Å². The Morgan fingerprint density at radius 1 is 1.17 bits per heavy atom. The van der Waals surface area contributed by atoms with Crippen LogP contribution >= 0.6 is 11.3 Å². The number of hydrogen-bond acceptors (Lipinski definition) is 6. The van der Waals surface area contributed by atoms with Gasteiger partial charge in [-0.2, -0.15) is 0 Å². The maximum absolute atomic E-state index is 11.9. The van der Waals surface area contributed by atoms with Crippen LogP contribution in [0.1, 0.15) is 24.6 Å². The lowest BCUT2D eigenvalue weighted by molar-refractivity contribution is 0.0414. The summed E-state index contributed by atoms with van der Waals surface area (Å²) < 4.78 is 5.13. The summed E-state index contributed by atoms with van der Waals surface area (Å²) in [4.78, 5) is 24.8. The number of hydrogen-bond donors (Lipinski definition) is 0. The Balaban J connectivity index is 1.29. The van der Waals surface area contributed by atoms with Crippen molar-refractivity contribution in [3.63, 3.8) is 0 Å². The van der Waals surface area contributed by atoms with Crippen LogP contribution in [-0.2, 0) is 11.3 Å². The van der Waals surface area contributed by atoms with E-state index in [2.05, 4.69) is 39.0 Å². The number of carbonyl (C=O) groups is 1. The number of amides is 1. The van der Waals surface area contributed by atoms with Crippen molar-refractivity contribution in [2.24, 2.45) is 0 Å². The molecule has 2 saturated heterocycles. The molecule has 0 spiro atoms. The third kappa shape index (κ3) is 5.15. The van der Waals surface area contributed by atoms with Crippen LogP contribution in [0.2, 0.25) is 0 Å². The number of rotatable bonds is 5. The van der Waals surface area contributed by atoms with E-state index in [1.165, 1.54) is 23.3 Å². The predicted molar refractivity (Wildman–Crippen MR) is 116 cm³/mol. The van der Waals surface area contributed by atoms with Crippen molar-refractivity contribution < 1.29 is 9.53 Å². The van der Waals surface area contributed by atoms with Gasteiger partial charge in [-0.05, 0) is 26.3 Å². The predicted octanol–water partition coefficient (Wildman–Crippen LogP) is 3.55. The zero-order valence-electron chi connectivity index (χ0n) is 17.1. The number of nitrogens with zero attached hydrogens (tertiary/aromatic N) is 4. The van der Waals surface area contributed by atoms with Crippen molar-refractivity contribution >= 4 is 17.4 Å². The molecule has 0 bridgehead atoms. The highest BCUT2D eigenvalue weighted by Crippen LogP contribution is 2.27. The van der Waals surface area contributed by atoms with Gasteiger partial charge in [0, 0.05) is 61.9 Å². The summed E-state index contributed by atoms with van der Waals surface area (Å²) in [7, 11) is 0. The Bertz CT molecular complexity index is 789. The second-order valence-electron chi connectivity index (χ2n) is 7.75. The Kier molecular flexibility index (Phi) is 6.79. The van der Waals surface area contributed by atoms with E-state index in [9.17, 15) is 4.79 Å². The summed E-state index contributed by atoms with van der Waals surface area (Å²) in [5.41, 5.74) is 1.19. The number of likely N-dealkylation sites (tertiary alicyclic amines) is 1. The van der Waals surface area contributed by atoms with Gasteiger partial charge in [-0.15, -0.1) is 11.3 Å². The molecule has 2 aliphatic heterocycles. The van der Waals surface area contributed by atoms with Gasteiger partial charge >= 0.3 is 6.09 Å². The zero-order chi connectivity index (χ0) is 20.1. The summed E-state index contributed by atoms with van der Waals surface area (Å²) in [6, 6.07) is 11.0. The highest BCUT2D eigenvalue weighted by Gasteiger charge is 2.30. The monoisotopic (exact) mass is 414 g/mol. The van der Waals surface area contributed by atoms with Crippen LogP contribution in [0.15, 0.2) is 36.5 Å². The van der Waals surface area contributed by atoms with E-state index in [0.29, 0.717) is 12.6 Å². The molecule has 29 heavy (non-hydrogen) atoms. The summed E-state index contributed by atoms with van der Waals surface area (Å²) >= 11 is 1.80. The minimum Gasteiger partial charge on any atom is -0.450 e. The molecule has 0 aliphatic carbocycles. The molecule has 0 radical (unpaired) electrons. The van der Waals surface area contributed by atoms with Gasteiger partial charge in [-0.1, -0.05) is 30.3 Å². The van der Waals surface area contributed by atoms with Gasteiger partial charge in [0.2, 0.25) is 0 Å². The second-order valence-corrected chi connectivity index (χ2v) is 8.87. The first-order chi connectivity index (χ1) is 14.2. The lowest BCUT2D eigenvalue weighted by atomic mass is 10.0. The maximum Gasteiger partial charge on any atom is 0.409 e. The summed E-state index contributed by atoms with van der Waals surface area (Å²) in [5.74, 6) is 0. The molecule has 0 N–H and O–H groups in total. The summed E-state index contributed by atoms with van der Waals surface area (Å²) in [6.45, 7) is 8.94. The Hall–Kier alpha value is -1.96. The van der Waals surface area contributed by atoms with Crippen molar-refractivity contribution in [1.82, 2.24) is 19.7 Å². The number of piperidine rings is 1. The fraction of sp³-hybridized carbons (Fsp3) is 0.545. The molecule has 1 atom stereocenters. The van der Waals surface area contributed by atoms with Crippen molar-refractivity contribution in [2.45, 2.75) is 32.4 Å². The third-order valence-corrected chi connectivity index (χ3v) is 6.82. The fourth-order valence-electron chi connectivity index (χ4n) is 4.27. The van der Waals surface area contributed by atoms with Gasteiger partial charge in [0.1, 0.15) is 5.01 Å². The van der Waals surface area contributed by atoms with Crippen LogP contribution in [-0.4, -0.2) is 77.7 Å². The molecular weight excluding hydrogens is 384 g/mol. The van der Waals surface area contributed by atoms with Crippen LogP contribution in [0.25, 0.3) is 10.6 Å². The standard InChI is InChI=1S/C22H30N4O2S/c1-2-28-22(27)26-13-11-25(12-14-26)19-9-6-10-24(16-19)17-20-15-23-21(29-20)18-7-4-3-5-8-18/h3-5,7-8,15,19H,2,6,9-14,16-17H2,1H3/t19-/m1/s1. The fourth-order valence-corrected chi connectivity index (χ4v) is 5.23. The van der Waals surface area contributed by atoms with E-state index in [0.717, 1.165) is 50.8 Å². The zero-order valence-corrected chi connectivity index (χ0v) is 17.9. The minimum atomic E-state index is -0.170. The second kappa shape index (κ2) is 9.69. The topological polar surface area (TPSA) is 48.9 Å². The highest BCUT2D eigenvalue weighted by molar-refractivity contribution is 7.15. The quantitative estimate of drug-likeness (QED) is 0.749. The Morgan fingerprint density at radius 2 is 1.97 bits per heavy atom. The van der Waals surface area contributed by atoms with Crippen molar-refractivity contribution in [3.8, 4) is 10.6 Å². The number of piperazine rings is 1. The molecule has 7 heteroatoms. The van der Waals surface area contributed by atoms with E-state index < -0.39 is 0 Å². The van der Waals surface area contributed by atoms with Crippen LogP contribution < -0.4 is 0 Å². The van der Waals surface area contributed by atoms with Crippen LogP contribution in [0.5, 0.6) is 0 Å². The van der Waals surface area contributed by atoms with Gasteiger partial charge < -0.3 is 9.64 Å². The highest BCUT2D eigenvalue weighted by atomic mass is 32.1. The lowest BCUT2D eigenvalue weighted by Gasteiger charge is -2.43. The van der Waals surface area contributed by atoms with Gasteiger partial charge in [0.05, 0.1) is 6.61 Å². The third-order valence-electron chi connectivity index (χ3n) is 5.79. The smallest absolute Gasteiger partial charge is 0.409 e. The van der Waals surface area contributed by atoms with Crippen molar-refractivity contribution in [2.75, 3.05) is 45.9 Å². The summed E-state index contributed by atoms with van der Waals surface area (Å²) in [6.07, 6.45) is 4.34. The molecule has 0 saturated carbocycles. The van der Waals surface area contributed by atoms with Crippen molar-refractivity contribution in [3.05, 3.63) is 41.4 Å². The van der Waals surface area contributed by atoms with Gasteiger partial charge in [-0.25, -0.2) is 9.78 Å².